The molecule has 1 aromatic rings. The minimum atomic E-state index is -3.56. The Bertz CT molecular complexity index is 516. The van der Waals surface area contributed by atoms with Crippen LogP contribution in [0, 0.1) is 6.92 Å². The van der Waals surface area contributed by atoms with Gasteiger partial charge in [0.1, 0.15) is 4.90 Å². The molecule has 1 N–H and O–H groups in total. The van der Waals surface area contributed by atoms with Gasteiger partial charge in [0.15, 0.2) is 0 Å². The number of nitrogens with zero attached hydrogens (tertiary/aromatic N) is 2. The summed E-state index contributed by atoms with van der Waals surface area (Å²) in [6.45, 7) is 3.68. The van der Waals surface area contributed by atoms with Gasteiger partial charge >= 0.3 is 0 Å². The lowest BCUT2D eigenvalue weighted by atomic mass is 10.3. The molecule has 0 aromatic carbocycles. The summed E-state index contributed by atoms with van der Waals surface area (Å²) < 4.78 is 26.8. The first kappa shape index (κ1) is 16.8. The van der Waals surface area contributed by atoms with Gasteiger partial charge in [0.25, 0.3) is 0 Å². The number of aromatic nitrogens is 2. The van der Waals surface area contributed by atoms with Crippen LogP contribution in [0.3, 0.4) is 0 Å². The molecule has 0 fully saturated rings. The number of sulfonamides is 1. The summed E-state index contributed by atoms with van der Waals surface area (Å²) in [5.41, 5.74) is 0.909. The lowest BCUT2D eigenvalue weighted by Crippen LogP contribution is -2.38. The molecule has 0 bridgehead atoms. The Hall–Kier alpha value is -0.240. The van der Waals surface area contributed by atoms with Crippen molar-refractivity contribution in [2.24, 2.45) is 0 Å². The van der Waals surface area contributed by atoms with Crippen molar-refractivity contribution < 1.29 is 8.42 Å². The van der Waals surface area contributed by atoms with E-state index in [2.05, 4.69) is 10.2 Å². The number of nitrogens with one attached hydrogen (secondary N) is 1. The van der Waals surface area contributed by atoms with E-state index < -0.39 is 10.0 Å². The summed E-state index contributed by atoms with van der Waals surface area (Å²) in [6, 6.07) is -0.0301. The zero-order valence-electron chi connectivity index (χ0n) is 11.6. The molecule has 5 nitrogen and oxygen atoms in total. The van der Waals surface area contributed by atoms with Crippen molar-refractivity contribution in [1.29, 1.82) is 0 Å². The van der Waals surface area contributed by atoms with Gasteiger partial charge in [-0.15, -0.1) is 11.6 Å². The first-order valence-electron chi connectivity index (χ1n) is 5.96. The Morgan fingerprint density at radius 3 is 2.63 bits per heavy atom. The maximum absolute atomic E-state index is 12.7. The fraction of sp³-hybridized carbons (Fsp3) is 0.727. The van der Waals surface area contributed by atoms with Gasteiger partial charge in [0.05, 0.1) is 17.3 Å². The predicted molar refractivity (Wildman–Crippen MR) is 80.3 cm³/mol. The smallest absolute Gasteiger partial charge is 0.246 e. The highest BCUT2D eigenvalue weighted by atomic mass is 35.5. The van der Waals surface area contributed by atoms with Gasteiger partial charge in [0, 0.05) is 18.8 Å². The number of halogens is 1. The van der Waals surface area contributed by atoms with Gasteiger partial charge in [-0.3, -0.25) is 5.10 Å². The van der Waals surface area contributed by atoms with Crippen LogP contribution in [0.15, 0.2) is 4.90 Å². The van der Waals surface area contributed by atoms with Crippen LogP contribution in [0.25, 0.3) is 0 Å². The van der Waals surface area contributed by atoms with E-state index in [1.807, 2.05) is 13.2 Å². The molecule has 8 heteroatoms. The Labute approximate surface area is 124 Å². The molecular formula is C11H20ClN3O2S2. The molecule has 0 spiro atoms. The number of thioether (sulfide) groups is 1. The molecule has 1 unspecified atom stereocenters. The van der Waals surface area contributed by atoms with Crippen molar-refractivity contribution in [3.05, 3.63) is 11.4 Å². The van der Waals surface area contributed by atoms with Crippen LogP contribution >= 0.6 is 23.4 Å². The highest BCUT2D eigenvalue weighted by Gasteiger charge is 2.31. The molecule has 0 amide bonds. The molecule has 0 saturated heterocycles. The topological polar surface area (TPSA) is 66.1 Å². The highest BCUT2D eigenvalue weighted by Crippen LogP contribution is 2.25. The van der Waals surface area contributed by atoms with Crippen LogP contribution in [0.5, 0.6) is 0 Å². The normalized spacial score (nSPS) is 14.0. The average Bonchev–Trinajstić information content (AvgIpc) is 2.76. The second-order valence-electron chi connectivity index (χ2n) is 4.30. The number of aromatic amines is 1. The maximum Gasteiger partial charge on any atom is 0.246 e. The van der Waals surface area contributed by atoms with Crippen LogP contribution in [-0.4, -0.2) is 48.0 Å². The van der Waals surface area contributed by atoms with E-state index >= 15 is 0 Å². The van der Waals surface area contributed by atoms with Crippen molar-refractivity contribution in [1.82, 2.24) is 14.5 Å². The molecule has 1 aromatic heterocycles. The number of hydrogen-bond donors (Lipinski definition) is 1. The SMILES string of the molecule is CCC(CSC)N(C)S(=O)(=O)c1c(CCl)n[nH]c1C. The summed E-state index contributed by atoms with van der Waals surface area (Å²) in [4.78, 5) is 0.213. The van der Waals surface area contributed by atoms with Crippen LogP contribution in [0.4, 0.5) is 0 Å². The number of rotatable bonds is 7. The molecule has 0 aliphatic carbocycles. The van der Waals surface area contributed by atoms with E-state index in [-0.39, 0.29) is 16.8 Å². The van der Waals surface area contributed by atoms with Crippen molar-refractivity contribution in [2.75, 3.05) is 19.1 Å². The van der Waals surface area contributed by atoms with Gasteiger partial charge in [0.2, 0.25) is 10.0 Å². The zero-order chi connectivity index (χ0) is 14.6. The number of alkyl halides is 1. The molecule has 0 aliphatic heterocycles. The van der Waals surface area contributed by atoms with Crippen LogP contribution in [0.2, 0.25) is 0 Å². The van der Waals surface area contributed by atoms with E-state index in [9.17, 15) is 8.42 Å². The van der Waals surface area contributed by atoms with E-state index in [0.717, 1.165) is 12.2 Å². The van der Waals surface area contributed by atoms with Gasteiger partial charge in [-0.1, -0.05) is 6.92 Å². The maximum atomic E-state index is 12.7. The average molecular weight is 326 g/mol. The minimum absolute atomic E-state index is 0.0301. The summed E-state index contributed by atoms with van der Waals surface area (Å²) in [5, 5.41) is 6.64. The van der Waals surface area contributed by atoms with Gasteiger partial charge in [-0.2, -0.15) is 21.2 Å². The van der Waals surface area contributed by atoms with Crippen molar-refractivity contribution in [3.8, 4) is 0 Å². The zero-order valence-corrected chi connectivity index (χ0v) is 14.0. The van der Waals surface area contributed by atoms with Crippen LogP contribution in [-0.2, 0) is 15.9 Å². The van der Waals surface area contributed by atoms with E-state index in [1.165, 1.54) is 4.31 Å². The van der Waals surface area contributed by atoms with Crippen molar-refractivity contribution in [2.45, 2.75) is 37.1 Å². The molecule has 19 heavy (non-hydrogen) atoms. The Kier molecular flexibility index (Phi) is 6.16. The van der Waals surface area contributed by atoms with Crippen LogP contribution < -0.4 is 0 Å². The second kappa shape index (κ2) is 6.97. The Balaban J connectivity index is 3.19. The monoisotopic (exact) mass is 325 g/mol. The van der Waals surface area contributed by atoms with E-state index in [0.29, 0.717) is 11.4 Å². The summed E-state index contributed by atoms with van der Waals surface area (Å²) in [7, 11) is -1.95. The lowest BCUT2D eigenvalue weighted by molar-refractivity contribution is 0.385. The molecular weight excluding hydrogens is 306 g/mol. The lowest BCUT2D eigenvalue weighted by Gasteiger charge is -2.26. The second-order valence-corrected chi connectivity index (χ2v) is 7.41. The van der Waals surface area contributed by atoms with Crippen molar-refractivity contribution in [3.63, 3.8) is 0 Å². The standard InChI is InChI=1S/C11H20ClN3O2S2/c1-5-9(7-18-4)15(3)19(16,17)11-8(2)13-14-10(11)6-12/h9H,5-7H2,1-4H3,(H,13,14). The van der Waals surface area contributed by atoms with Gasteiger partial charge in [-0.05, 0) is 19.6 Å². The van der Waals surface area contributed by atoms with E-state index in [4.69, 9.17) is 11.6 Å². The van der Waals surface area contributed by atoms with Crippen molar-refractivity contribution >= 4 is 33.4 Å². The highest BCUT2D eigenvalue weighted by molar-refractivity contribution is 7.98. The third-order valence-corrected chi connectivity index (χ3v) is 6.15. The molecule has 110 valence electrons. The fourth-order valence-corrected chi connectivity index (χ4v) is 4.88. The molecule has 0 radical (unpaired) electrons. The summed E-state index contributed by atoms with van der Waals surface area (Å²) in [5.74, 6) is 0.839. The fourth-order valence-electron chi connectivity index (χ4n) is 1.91. The van der Waals surface area contributed by atoms with E-state index in [1.54, 1.807) is 25.7 Å². The first-order chi connectivity index (χ1) is 8.89. The quantitative estimate of drug-likeness (QED) is 0.781. The van der Waals surface area contributed by atoms with Gasteiger partial charge < -0.3 is 0 Å². The number of H-pyrrole nitrogens is 1. The predicted octanol–water partition coefficient (Wildman–Crippen LogP) is 2.22. The first-order valence-corrected chi connectivity index (χ1v) is 9.33. The molecule has 0 saturated carbocycles. The molecule has 1 atom stereocenters. The number of hydrogen-bond acceptors (Lipinski definition) is 4. The largest absolute Gasteiger partial charge is 0.281 e. The minimum Gasteiger partial charge on any atom is -0.281 e. The molecule has 1 heterocycles. The third-order valence-electron chi connectivity index (χ3n) is 3.07. The summed E-state index contributed by atoms with van der Waals surface area (Å²) in [6.07, 6.45) is 2.74. The number of aryl methyl sites for hydroxylation is 1. The van der Waals surface area contributed by atoms with Gasteiger partial charge in [-0.25, -0.2) is 8.42 Å². The molecule has 1 rings (SSSR count). The third kappa shape index (κ3) is 3.45. The Morgan fingerprint density at radius 1 is 1.53 bits per heavy atom. The molecule has 0 aliphatic rings. The summed E-state index contributed by atoms with van der Waals surface area (Å²) >= 11 is 7.40. The van der Waals surface area contributed by atoms with Crippen LogP contribution in [0.1, 0.15) is 24.7 Å². The Morgan fingerprint density at radius 2 is 2.16 bits per heavy atom.